The van der Waals surface area contributed by atoms with Crippen LogP contribution in [0.4, 0.5) is 0 Å². The molecule has 0 amide bonds. The topological polar surface area (TPSA) is 38.5 Å². The molecule has 2 N–H and O–H groups in total. The second-order valence-corrected chi connectivity index (χ2v) is 2.24. The number of hydrogen-bond donors (Lipinski definition) is 1. The second kappa shape index (κ2) is 2.46. The fourth-order valence-electron chi connectivity index (χ4n) is 0.660. The Morgan fingerprint density at radius 2 is 2.50 bits per heavy atom. The summed E-state index contributed by atoms with van der Waals surface area (Å²) in [5.74, 6) is 0. The molecule has 2 atom stereocenters. The lowest BCUT2D eigenvalue weighted by atomic mass is 10.1. The minimum atomic E-state index is 0.252. The highest BCUT2D eigenvalue weighted by Crippen LogP contribution is 2.15. The van der Waals surface area contributed by atoms with Crippen molar-refractivity contribution in [3.05, 3.63) is 6.92 Å². The molecular weight excluding hydrogens is 102 g/mol. The molecule has 0 aromatic carbocycles. The van der Waals surface area contributed by atoms with E-state index < -0.39 is 0 Å². The first kappa shape index (κ1) is 6.05. The zero-order valence-corrected chi connectivity index (χ0v) is 4.97. The van der Waals surface area contributed by atoms with Crippen molar-refractivity contribution in [2.75, 3.05) is 6.61 Å². The third-order valence-corrected chi connectivity index (χ3v) is 1.34. The molecule has 47 valence electrons. The molecule has 0 saturated carbocycles. The fourth-order valence-corrected chi connectivity index (χ4v) is 0.660. The standard InChI is InChI=1S/C6H12NO/c1-2-5(7)3-6-4-8-6/h5-6H,1-4,7H2. The molecule has 1 rings (SSSR count). The molecule has 1 heterocycles. The normalized spacial score (nSPS) is 30.0. The SMILES string of the molecule is [CH2]CC(N)CC1CO1. The number of rotatable bonds is 3. The maximum atomic E-state index is 5.57. The first-order valence-electron chi connectivity index (χ1n) is 2.99. The molecule has 1 saturated heterocycles. The lowest BCUT2D eigenvalue weighted by Gasteiger charge is -2.02. The van der Waals surface area contributed by atoms with Crippen molar-refractivity contribution in [2.45, 2.75) is 25.0 Å². The molecule has 0 aromatic heterocycles. The van der Waals surface area contributed by atoms with Crippen LogP contribution in [-0.2, 0) is 4.74 Å². The molecular formula is C6H12NO. The van der Waals surface area contributed by atoms with Crippen LogP contribution < -0.4 is 5.73 Å². The predicted molar refractivity (Wildman–Crippen MR) is 32.3 cm³/mol. The fraction of sp³-hybridized carbons (Fsp3) is 0.833. The van der Waals surface area contributed by atoms with E-state index in [2.05, 4.69) is 6.92 Å². The summed E-state index contributed by atoms with van der Waals surface area (Å²) >= 11 is 0. The van der Waals surface area contributed by atoms with Crippen molar-refractivity contribution >= 4 is 0 Å². The molecule has 0 aliphatic carbocycles. The third kappa shape index (κ3) is 1.80. The zero-order valence-electron chi connectivity index (χ0n) is 4.97. The second-order valence-electron chi connectivity index (χ2n) is 2.24. The van der Waals surface area contributed by atoms with Crippen LogP contribution in [0.2, 0.25) is 0 Å². The van der Waals surface area contributed by atoms with Gasteiger partial charge in [-0.25, -0.2) is 0 Å². The van der Waals surface area contributed by atoms with Crippen molar-refractivity contribution in [1.82, 2.24) is 0 Å². The van der Waals surface area contributed by atoms with Crippen LogP contribution in [0.3, 0.4) is 0 Å². The number of epoxide rings is 1. The van der Waals surface area contributed by atoms with Gasteiger partial charge in [0.15, 0.2) is 0 Å². The van der Waals surface area contributed by atoms with Crippen molar-refractivity contribution in [2.24, 2.45) is 5.73 Å². The van der Waals surface area contributed by atoms with Crippen LogP contribution in [0.1, 0.15) is 12.8 Å². The summed E-state index contributed by atoms with van der Waals surface area (Å²) in [4.78, 5) is 0. The van der Waals surface area contributed by atoms with Gasteiger partial charge in [-0.05, 0) is 12.8 Å². The van der Waals surface area contributed by atoms with E-state index in [1.54, 1.807) is 0 Å². The van der Waals surface area contributed by atoms with Crippen molar-refractivity contribution < 1.29 is 4.74 Å². The Bertz CT molecular complexity index is 70.9. The molecule has 0 spiro atoms. The minimum absolute atomic E-state index is 0.252. The molecule has 2 heteroatoms. The van der Waals surface area contributed by atoms with Crippen LogP contribution >= 0.6 is 0 Å². The first-order valence-corrected chi connectivity index (χ1v) is 2.99. The molecule has 1 aliphatic heterocycles. The molecule has 2 unspecified atom stereocenters. The van der Waals surface area contributed by atoms with E-state index >= 15 is 0 Å². The lowest BCUT2D eigenvalue weighted by molar-refractivity contribution is 0.380. The molecule has 8 heavy (non-hydrogen) atoms. The predicted octanol–water partition coefficient (Wildman–Crippen LogP) is 0.327. The van der Waals surface area contributed by atoms with E-state index in [4.69, 9.17) is 10.5 Å². The van der Waals surface area contributed by atoms with E-state index in [0.717, 1.165) is 19.4 Å². The number of hydrogen-bond acceptors (Lipinski definition) is 2. The van der Waals surface area contributed by atoms with Gasteiger partial charge in [0.05, 0.1) is 12.7 Å². The van der Waals surface area contributed by atoms with Gasteiger partial charge in [0.2, 0.25) is 0 Å². The van der Waals surface area contributed by atoms with E-state index in [0.29, 0.717) is 6.10 Å². The summed E-state index contributed by atoms with van der Waals surface area (Å²) in [7, 11) is 0. The molecule has 1 aliphatic rings. The molecule has 2 nitrogen and oxygen atoms in total. The summed E-state index contributed by atoms with van der Waals surface area (Å²) in [6.45, 7) is 4.60. The summed E-state index contributed by atoms with van der Waals surface area (Å²) in [6.07, 6.45) is 2.27. The number of ether oxygens (including phenoxy) is 1. The van der Waals surface area contributed by atoms with Crippen LogP contribution in [0.5, 0.6) is 0 Å². The van der Waals surface area contributed by atoms with Crippen LogP contribution in [-0.4, -0.2) is 18.8 Å². The maximum Gasteiger partial charge on any atom is 0.0824 e. The average molecular weight is 114 g/mol. The van der Waals surface area contributed by atoms with Gasteiger partial charge in [-0.15, -0.1) is 0 Å². The first-order chi connectivity index (χ1) is 3.83. The summed E-state index contributed by atoms with van der Waals surface area (Å²) < 4.78 is 4.97. The van der Waals surface area contributed by atoms with Crippen molar-refractivity contribution in [3.63, 3.8) is 0 Å². The molecule has 0 bridgehead atoms. The highest BCUT2D eigenvalue weighted by Gasteiger charge is 2.23. The van der Waals surface area contributed by atoms with Crippen LogP contribution in [0.15, 0.2) is 0 Å². The molecule has 0 aromatic rings. The summed E-state index contributed by atoms with van der Waals surface area (Å²) in [6, 6.07) is 0.252. The summed E-state index contributed by atoms with van der Waals surface area (Å²) in [5, 5.41) is 0. The quantitative estimate of drug-likeness (QED) is 0.537. The van der Waals surface area contributed by atoms with Gasteiger partial charge in [-0.1, -0.05) is 6.92 Å². The molecule has 1 fully saturated rings. The maximum absolute atomic E-state index is 5.57. The smallest absolute Gasteiger partial charge is 0.0824 e. The average Bonchev–Trinajstić information content (AvgIpc) is 2.50. The Morgan fingerprint density at radius 1 is 1.88 bits per heavy atom. The van der Waals surface area contributed by atoms with Gasteiger partial charge in [-0.3, -0.25) is 0 Å². The largest absolute Gasteiger partial charge is 0.373 e. The van der Waals surface area contributed by atoms with E-state index in [-0.39, 0.29) is 6.04 Å². The Labute approximate surface area is 50.0 Å². The van der Waals surface area contributed by atoms with Gasteiger partial charge in [0.25, 0.3) is 0 Å². The minimum Gasteiger partial charge on any atom is -0.373 e. The Hall–Kier alpha value is -0.0800. The molecule has 1 radical (unpaired) electrons. The number of nitrogens with two attached hydrogens (primary N) is 1. The van der Waals surface area contributed by atoms with Gasteiger partial charge >= 0.3 is 0 Å². The monoisotopic (exact) mass is 114 g/mol. The Kier molecular flexibility index (Phi) is 1.86. The van der Waals surface area contributed by atoms with Gasteiger partial charge < -0.3 is 10.5 Å². The Balaban J connectivity index is 1.98. The Morgan fingerprint density at radius 3 is 2.88 bits per heavy atom. The van der Waals surface area contributed by atoms with Crippen LogP contribution in [0.25, 0.3) is 0 Å². The van der Waals surface area contributed by atoms with Gasteiger partial charge in [0.1, 0.15) is 0 Å². The van der Waals surface area contributed by atoms with Crippen molar-refractivity contribution in [3.8, 4) is 0 Å². The highest BCUT2D eigenvalue weighted by molar-refractivity contribution is 4.76. The lowest BCUT2D eigenvalue weighted by Crippen LogP contribution is -2.20. The summed E-state index contributed by atoms with van der Waals surface area (Å²) in [5.41, 5.74) is 5.57. The highest BCUT2D eigenvalue weighted by atomic mass is 16.6. The van der Waals surface area contributed by atoms with Crippen molar-refractivity contribution in [1.29, 1.82) is 0 Å². The van der Waals surface area contributed by atoms with E-state index in [9.17, 15) is 0 Å². The third-order valence-electron chi connectivity index (χ3n) is 1.34. The van der Waals surface area contributed by atoms with E-state index in [1.165, 1.54) is 0 Å². The van der Waals surface area contributed by atoms with Crippen LogP contribution in [0, 0.1) is 6.92 Å². The van der Waals surface area contributed by atoms with E-state index in [1.807, 2.05) is 0 Å². The van der Waals surface area contributed by atoms with Gasteiger partial charge in [0, 0.05) is 6.04 Å². The zero-order chi connectivity index (χ0) is 5.98. The van der Waals surface area contributed by atoms with Gasteiger partial charge in [-0.2, -0.15) is 0 Å².